The predicted octanol–water partition coefficient (Wildman–Crippen LogP) is 4.40. The van der Waals surface area contributed by atoms with Crippen molar-refractivity contribution in [3.63, 3.8) is 0 Å². The van der Waals surface area contributed by atoms with Crippen LogP contribution in [0.5, 0.6) is 0 Å². The summed E-state index contributed by atoms with van der Waals surface area (Å²) in [4.78, 5) is 0. The number of fused-ring (bicyclic) bond motifs is 1. The van der Waals surface area contributed by atoms with Gasteiger partial charge in [0, 0.05) is 22.6 Å². The highest BCUT2D eigenvalue weighted by Gasteiger charge is 2.35. The van der Waals surface area contributed by atoms with Crippen LogP contribution < -0.4 is 3.71 Å². The smallest absolute Gasteiger partial charge is 0.245 e. The van der Waals surface area contributed by atoms with Crippen molar-refractivity contribution in [3.05, 3.63) is 53.3 Å². The van der Waals surface area contributed by atoms with E-state index in [2.05, 4.69) is 0 Å². The topological polar surface area (TPSA) is 84.7 Å². The largest absolute Gasteiger partial charge is 0.456 e. The van der Waals surface area contributed by atoms with Crippen LogP contribution in [0, 0.1) is 5.82 Å². The lowest BCUT2D eigenvalue weighted by molar-refractivity contribution is 0.590. The van der Waals surface area contributed by atoms with Crippen LogP contribution in [-0.2, 0) is 26.5 Å². The number of aryl methyl sites for hydroxylation is 1. The van der Waals surface area contributed by atoms with Crippen LogP contribution in [0.1, 0.15) is 36.8 Å². The van der Waals surface area contributed by atoms with Crippen molar-refractivity contribution in [1.29, 1.82) is 0 Å². The van der Waals surface area contributed by atoms with Gasteiger partial charge in [-0.15, -0.1) is 0 Å². The van der Waals surface area contributed by atoms with Crippen molar-refractivity contribution in [2.75, 3.05) is 16.2 Å². The number of rotatable bonds is 6. The van der Waals surface area contributed by atoms with Crippen LogP contribution in [-0.4, -0.2) is 29.3 Å². The van der Waals surface area contributed by atoms with E-state index in [9.17, 15) is 21.2 Å². The molecule has 160 valence electrons. The average molecular weight is 452 g/mol. The Balaban J connectivity index is 2.02. The average Bonchev–Trinajstić information content (AvgIpc) is 3.40. The van der Waals surface area contributed by atoms with E-state index in [1.54, 1.807) is 12.1 Å². The van der Waals surface area contributed by atoms with Gasteiger partial charge in [0.25, 0.3) is 0 Å². The molecule has 30 heavy (non-hydrogen) atoms. The molecule has 0 amide bonds. The van der Waals surface area contributed by atoms with E-state index in [4.69, 9.17) is 4.42 Å². The number of nitrogens with zero attached hydrogens (tertiary/aromatic N) is 1. The number of anilines is 1. The first-order chi connectivity index (χ1) is 14.0. The van der Waals surface area contributed by atoms with Gasteiger partial charge >= 0.3 is 0 Å². The molecule has 1 aromatic heterocycles. The van der Waals surface area contributed by atoms with Crippen molar-refractivity contribution >= 4 is 36.7 Å². The van der Waals surface area contributed by atoms with Crippen molar-refractivity contribution in [2.24, 2.45) is 0 Å². The maximum Gasteiger partial charge on any atom is 0.245 e. The molecule has 0 radical (unpaired) electrons. The van der Waals surface area contributed by atoms with Crippen LogP contribution in [0.25, 0.3) is 22.3 Å². The zero-order chi connectivity index (χ0) is 21.8. The van der Waals surface area contributed by atoms with Crippen LogP contribution >= 0.6 is 0 Å². The Labute approximate surface area is 175 Å². The summed E-state index contributed by atoms with van der Waals surface area (Å²) in [5.41, 5.74) is 2.79. The highest BCUT2D eigenvalue weighted by atomic mass is 32.3. The third-order valence-corrected chi connectivity index (χ3v) is 8.44. The number of hydrogen-bond acceptors (Lipinski definition) is 5. The van der Waals surface area contributed by atoms with Gasteiger partial charge in [0.1, 0.15) is 17.2 Å². The summed E-state index contributed by atoms with van der Waals surface area (Å²) in [6.07, 6.45) is 4.12. The van der Waals surface area contributed by atoms with Gasteiger partial charge in [-0.05, 0) is 61.1 Å². The Morgan fingerprint density at radius 3 is 2.13 bits per heavy atom. The highest BCUT2D eigenvalue weighted by molar-refractivity contribution is 8.09. The van der Waals surface area contributed by atoms with Gasteiger partial charge in [-0.2, -0.15) is 3.71 Å². The number of hydrogen-bond donors (Lipinski definition) is 0. The number of furan rings is 1. The molecule has 1 heterocycles. The lowest BCUT2D eigenvalue weighted by atomic mass is 10.00. The Morgan fingerprint density at radius 1 is 1.03 bits per heavy atom. The van der Waals surface area contributed by atoms with Crippen molar-refractivity contribution in [1.82, 2.24) is 0 Å². The second-order valence-electron chi connectivity index (χ2n) is 7.67. The Morgan fingerprint density at radius 2 is 1.63 bits per heavy atom. The van der Waals surface area contributed by atoms with E-state index in [-0.39, 0.29) is 17.4 Å². The van der Waals surface area contributed by atoms with Gasteiger partial charge in [-0.1, -0.05) is 6.92 Å². The van der Waals surface area contributed by atoms with Crippen LogP contribution in [0.4, 0.5) is 10.1 Å². The molecule has 0 aliphatic heterocycles. The molecule has 2 aromatic carbocycles. The van der Waals surface area contributed by atoms with E-state index in [1.165, 1.54) is 18.2 Å². The van der Waals surface area contributed by atoms with Gasteiger partial charge in [0.15, 0.2) is 0 Å². The molecule has 1 aliphatic rings. The first kappa shape index (κ1) is 20.9. The molecule has 1 aliphatic carbocycles. The third-order valence-electron chi connectivity index (χ3n) is 5.22. The fourth-order valence-electron chi connectivity index (χ4n) is 3.87. The summed E-state index contributed by atoms with van der Waals surface area (Å²) >= 11 is 0. The molecule has 6 nitrogen and oxygen atoms in total. The summed E-state index contributed by atoms with van der Waals surface area (Å²) in [6, 6.07) is 9.27. The molecule has 0 atom stereocenters. The molecule has 0 bridgehead atoms. The maximum atomic E-state index is 13.4. The number of benzene rings is 2. The van der Waals surface area contributed by atoms with E-state index >= 15 is 0 Å². The normalized spacial score (nSPS) is 14.9. The second-order valence-corrected chi connectivity index (χ2v) is 11.6. The van der Waals surface area contributed by atoms with Crippen LogP contribution in [0.15, 0.2) is 40.8 Å². The summed E-state index contributed by atoms with van der Waals surface area (Å²) in [5.74, 6) is 0.309. The number of sulfonamides is 2. The molecule has 0 N–H and O–H groups in total. The number of halogens is 1. The van der Waals surface area contributed by atoms with Gasteiger partial charge < -0.3 is 4.42 Å². The summed E-state index contributed by atoms with van der Waals surface area (Å²) < 4.78 is 69.4. The third kappa shape index (κ3) is 3.72. The maximum absolute atomic E-state index is 13.4. The summed E-state index contributed by atoms with van der Waals surface area (Å²) in [7, 11) is -8.15. The van der Waals surface area contributed by atoms with Crippen molar-refractivity contribution in [3.8, 4) is 11.3 Å². The van der Waals surface area contributed by atoms with Crippen LogP contribution in [0.2, 0.25) is 0 Å². The van der Waals surface area contributed by atoms with Gasteiger partial charge in [-0.3, -0.25) is 0 Å². The van der Waals surface area contributed by atoms with Gasteiger partial charge in [0.2, 0.25) is 20.0 Å². The SMILES string of the molecule is CCc1c(-c2ccc(F)cc2)oc2cc(N(S(C)(=O)=O)S(C)(=O)=O)c(C3CC3)cc12. The Hall–Kier alpha value is -2.39. The molecule has 0 saturated heterocycles. The summed E-state index contributed by atoms with van der Waals surface area (Å²) in [5, 5.41) is 0.810. The summed E-state index contributed by atoms with van der Waals surface area (Å²) in [6.45, 7) is 1.97. The van der Waals surface area contributed by atoms with E-state index < -0.39 is 20.0 Å². The van der Waals surface area contributed by atoms with E-state index in [0.29, 0.717) is 32.6 Å². The quantitative estimate of drug-likeness (QED) is 0.554. The highest BCUT2D eigenvalue weighted by Crippen LogP contribution is 2.48. The molecular weight excluding hydrogens is 429 g/mol. The fourth-order valence-corrected chi connectivity index (χ4v) is 6.87. The molecule has 3 aromatic rings. The predicted molar refractivity (Wildman–Crippen MR) is 115 cm³/mol. The standard InChI is InChI=1S/C21H22FNO5S2/c1-4-16-18-11-17(13-5-6-13)19(23(29(2,24)25)30(3,26)27)12-20(18)28-21(16)14-7-9-15(22)10-8-14/h7-13H,4-6H2,1-3H3. The molecular formula is C21H22FNO5S2. The van der Waals surface area contributed by atoms with E-state index in [1.807, 2.05) is 13.0 Å². The molecule has 4 rings (SSSR count). The second kappa shape index (κ2) is 7.09. The molecule has 1 saturated carbocycles. The fraction of sp³-hybridized carbons (Fsp3) is 0.333. The minimum Gasteiger partial charge on any atom is -0.456 e. The van der Waals surface area contributed by atoms with Crippen LogP contribution in [0.3, 0.4) is 0 Å². The minimum atomic E-state index is -4.08. The zero-order valence-corrected chi connectivity index (χ0v) is 18.5. The molecule has 1 fully saturated rings. The van der Waals surface area contributed by atoms with Gasteiger partial charge in [0.05, 0.1) is 18.2 Å². The molecule has 0 unspecified atom stereocenters. The monoisotopic (exact) mass is 451 g/mol. The minimum absolute atomic E-state index is 0.101. The zero-order valence-electron chi connectivity index (χ0n) is 16.8. The van der Waals surface area contributed by atoms with E-state index in [0.717, 1.165) is 36.3 Å². The first-order valence-corrected chi connectivity index (χ1v) is 13.3. The lowest BCUT2D eigenvalue weighted by Crippen LogP contribution is -2.35. The Bertz CT molecular complexity index is 1310. The molecule has 9 heteroatoms. The Kier molecular flexibility index (Phi) is 4.93. The van der Waals surface area contributed by atoms with Gasteiger partial charge in [-0.25, -0.2) is 21.2 Å². The lowest BCUT2D eigenvalue weighted by Gasteiger charge is -2.22. The van der Waals surface area contributed by atoms with Crippen molar-refractivity contribution in [2.45, 2.75) is 32.1 Å². The van der Waals surface area contributed by atoms with Crippen molar-refractivity contribution < 1.29 is 25.6 Å². The molecule has 0 spiro atoms. The first-order valence-electron chi connectivity index (χ1n) is 9.56.